The van der Waals surface area contributed by atoms with Gasteiger partial charge in [0.25, 0.3) is 0 Å². The molecule has 0 radical (unpaired) electrons. The molecule has 1 N–H and O–H groups in total. The smallest absolute Gasteiger partial charge is 0.416 e. The Morgan fingerprint density at radius 2 is 2.00 bits per heavy atom. The van der Waals surface area contributed by atoms with Gasteiger partial charge in [-0.05, 0) is 18.6 Å². The first kappa shape index (κ1) is 11.6. The minimum absolute atomic E-state index is 0.150. The number of halogens is 3. The summed E-state index contributed by atoms with van der Waals surface area (Å²) in [4.78, 5) is 10.6. The Morgan fingerprint density at radius 3 is 2.47 bits per heavy atom. The number of hydrogen-bond acceptors (Lipinski definition) is 1. The van der Waals surface area contributed by atoms with Crippen LogP contribution >= 0.6 is 0 Å². The first-order chi connectivity index (χ1) is 6.82. The van der Waals surface area contributed by atoms with Crippen LogP contribution in [0.4, 0.5) is 13.2 Å². The molecular formula is C10H9F3O2. The Bertz CT molecular complexity index is 371. The van der Waals surface area contributed by atoms with E-state index < -0.39 is 23.6 Å². The van der Waals surface area contributed by atoms with E-state index in [1.165, 1.54) is 19.1 Å². The van der Waals surface area contributed by atoms with Crippen molar-refractivity contribution in [2.45, 2.75) is 19.0 Å². The highest BCUT2D eigenvalue weighted by atomic mass is 19.4. The van der Waals surface area contributed by atoms with E-state index in [1.54, 1.807) is 0 Å². The first-order valence-electron chi connectivity index (χ1n) is 4.22. The van der Waals surface area contributed by atoms with Gasteiger partial charge >= 0.3 is 12.1 Å². The van der Waals surface area contributed by atoms with Crippen molar-refractivity contribution < 1.29 is 23.1 Å². The summed E-state index contributed by atoms with van der Waals surface area (Å²) >= 11 is 0. The zero-order chi connectivity index (χ0) is 11.6. The normalized spacial score (nSPS) is 13.6. The van der Waals surface area contributed by atoms with Crippen molar-refractivity contribution in [2.24, 2.45) is 0 Å². The van der Waals surface area contributed by atoms with Crippen molar-refractivity contribution in [2.75, 3.05) is 0 Å². The summed E-state index contributed by atoms with van der Waals surface area (Å²) in [6.07, 6.45) is -4.44. The molecule has 0 fully saturated rings. The fraction of sp³-hybridized carbons (Fsp3) is 0.300. The van der Waals surface area contributed by atoms with Crippen LogP contribution < -0.4 is 0 Å². The molecule has 0 aliphatic rings. The number of carbonyl (C=O) groups is 1. The maximum Gasteiger partial charge on any atom is 0.416 e. The van der Waals surface area contributed by atoms with Gasteiger partial charge in [-0.25, -0.2) is 0 Å². The Kier molecular flexibility index (Phi) is 3.02. The highest BCUT2D eigenvalue weighted by molar-refractivity contribution is 5.75. The number of alkyl halides is 3. The minimum Gasteiger partial charge on any atom is -0.481 e. The summed E-state index contributed by atoms with van der Waals surface area (Å²) in [5, 5.41) is 8.65. The maximum atomic E-state index is 12.3. The number of aliphatic carboxylic acids is 1. The zero-order valence-electron chi connectivity index (χ0n) is 7.88. The van der Waals surface area contributed by atoms with E-state index in [4.69, 9.17) is 5.11 Å². The fourth-order valence-electron chi connectivity index (χ4n) is 1.13. The van der Waals surface area contributed by atoms with Crippen LogP contribution in [0.2, 0.25) is 0 Å². The third kappa shape index (κ3) is 2.71. The van der Waals surface area contributed by atoms with E-state index in [0.717, 1.165) is 12.1 Å². The second-order valence-corrected chi connectivity index (χ2v) is 3.18. The third-order valence-electron chi connectivity index (χ3n) is 2.08. The lowest BCUT2D eigenvalue weighted by Gasteiger charge is -2.10. The molecule has 0 aliphatic heterocycles. The average Bonchev–Trinajstić information content (AvgIpc) is 2.15. The molecule has 0 amide bonds. The second-order valence-electron chi connectivity index (χ2n) is 3.18. The van der Waals surface area contributed by atoms with Crippen molar-refractivity contribution in [3.8, 4) is 0 Å². The molecule has 0 saturated carbocycles. The predicted octanol–water partition coefficient (Wildman–Crippen LogP) is 2.89. The number of benzene rings is 1. The van der Waals surface area contributed by atoms with Crippen LogP contribution in [-0.4, -0.2) is 11.1 Å². The first-order valence-corrected chi connectivity index (χ1v) is 4.22. The van der Waals surface area contributed by atoms with E-state index in [1.807, 2.05) is 0 Å². The number of hydrogen-bond donors (Lipinski definition) is 1. The van der Waals surface area contributed by atoms with Crippen molar-refractivity contribution in [3.63, 3.8) is 0 Å². The maximum absolute atomic E-state index is 12.3. The van der Waals surface area contributed by atoms with Gasteiger partial charge < -0.3 is 5.11 Å². The van der Waals surface area contributed by atoms with Crippen LogP contribution in [0.3, 0.4) is 0 Å². The summed E-state index contributed by atoms with van der Waals surface area (Å²) in [5.41, 5.74) is -0.676. The molecule has 1 aromatic carbocycles. The number of carboxylic acid groups (broad SMARTS) is 1. The molecule has 0 unspecified atom stereocenters. The van der Waals surface area contributed by atoms with Crippen molar-refractivity contribution in [1.82, 2.24) is 0 Å². The van der Waals surface area contributed by atoms with Gasteiger partial charge in [0.2, 0.25) is 0 Å². The molecule has 0 spiro atoms. The number of carboxylic acids is 1. The molecule has 0 heterocycles. The molecule has 2 nitrogen and oxygen atoms in total. The predicted molar refractivity (Wildman–Crippen MR) is 47.5 cm³/mol. The van der Waals surface area contributed by atoms with Gasteiger partial charge in [0.15, 0.2) is 0 Å². The summed E-state index contributed by atoms with van der Waals surface area (Å²) in [6, 6.07) is 4.35. The fourth-order valence-corrected chi connectivity index (χ4v) is 1.13. The van der Waals surface area contributed by atoms with E-state index in [9.17, 15) is 18.0 Å². The topological polar surface area (TPSA) is 37.3 Å². The van der Waals surface area contributed by atoms with E-state index in [-0.39, 0.29) is 5.56 Å². The van der Waals surface area contributed by atoms with Crippen LogP contribution in [0, 0.1) is 0 Å². The standard InChI is InChI=1S/C10H9F3O2/c1-6(9(14)15)7-3-2-4-8(5-7)10(11,12)13/h2-6H,1H3,(H,14,15)/t6-/m1/s1. The van der Waals surface area contributed by atoms with Gasteiger partial charge in [0.1, 0.15) is 0 Å². The lowest BCUT2D eigenvalue weighted by Crippen LogP contribution is -2.10. The van der Waals surface area contributed by atoms with E-state index >= 15 is 0 Å². The Labute approximate surface area is 84.3 Å². The Hall–Kier alpha value is -1.52. The van der Waals surface area contributed by atoms with Crippen LogP contribution in [0.5, 0.6) is 0 Å². The van der Waals surface area contributed by atoms with E-state index in [2.05, 4.69) is 0 Å². The molecule has 0 bridgehead atoms. The molecule has 0 saturated heterocycles. The van der Waals surface area contributed by atoms with Gasteiger partial charge in [-0.3, -0.25) is 4.79 Å². The molecule has 15 heavy (non-hydrogen) atoms. The average molecular weight is 218 g/mol. The van der Waals surface area contributed by atoms with Gasteiger partial charge in [-0.1, -0.05) is 18.2 Å². The van der Waals surface area contributed by atoms with Gasteiger partial charge in [0, 0.05) is 0 Å². The lowest BCUT2D eigenvalue weighted by molar-refractivity contribution is -0.139. The van der Waals surface area contributed by atoms with Crippen LogP contribution in [0.15, 0.2) is 24.3 Å². The van der Waals surface area contributed by atoms with E-state index in [0.29, 0.717) is 0 Å². The third-order valence-corrected chi connectivity index (χ3v) is 2.08. The molecule has 1 rings (SSSR count). The summed E-state index contributed by atoms with van der Waals surface area (Å²) in [6.45, 7) is 1.35. The summed E-state index contributed by atoms with van der Waals surface area (Å²) in [5.74, 6) is -2.08. The highest BCUT2D eigenvalue weighted by Gasteiger charge is 2.31. The minimum atomic E-state index is -4.44. The molecule has 0 aromatic heterocycles. The van der Waals surface area contributed by atoms with Crippen molar-refractivity contribution in [3.05, 3.63) is 35.4 Å². The van der Waals surface area contributed by atoms with Gasteiger partial charge in [0.05, 0.1) is 11.5 Å². The second kappa shape index (κ2) is 3.92. The lowest BCUT2D eigenvalue weighted by atomic mass is 9.99. The Balaban J connectivity index is 3.08. The molecule has 5 heteroatoms. The Morgan fingerprint density at radius 1 is 1.40 bits per heavy atom. The monoisotopic (exact) mass is 218 g/mol. The zero-order valence-corrected chi connectivity index (χ0v) is 7.88. The van der Waals surface area contributed by atoms with Crippen LogP contribution in [0.25, 0.3) is 0 Å². The summed E-state index contributed by atoms with van der Waals surface area (Å²) < 4.78 is 36.9. The largest absolute Gasteiger partial charge is 0.481 e. The van der Waals surface area contributed by atoms with Crippen LogP contribution in [0.1, 0.15) is 24.0 Å². The molecule has 1 atom stereocenters. The van der Waals surface area contributed by atoms with Crippen LogP contribution in [-0.2, 0) is 11.0 Å². The molecule has 82 valence electrons. The van der Waals surface area contributed by atoms with Gasteiger partial charge in [-0.15, -0.1) is 0 Å². The molecule has 0 aliphatic carbocycles. The summed E-state index contributed by atoms with van der Waals surface area (Å²) in [7, 11) is 0. The molecule has 1 aromatic rings. The quantitative estimate of drug-likeness (QED) is 0.828. The van der Waals surface area contributed by atoms with Crippen molar-refractivity contribution in [1.29, 1.82) is 0 Å². The SMILES string of the molecule is C[C@@H](C(=O)O)c1cccc(C(F)(F)F)c1. The highest BCUT2D eigenvalue weighted by Crippen LogP contribution is 2.31. The number of rotatable bonds is 2. The molecular weight excluding hydrogens is 209 g/mol. The van der Waals surface area contributed by atoms with Gasteiger partial charge in [-0.2, -0.15) is 13.2 Å². The van der Waals surface area contributed by atoms with Crippen molar-refractivity contribution >= 4 is 5.97 Å².